The van der Waals surface area contributed by atoms with Crippen LogP contribution in [0.15, 0.2) is 30.5 Å². The summed E-state index contributed by atoms with van der Waals surface area (Å²) in [7, 11) is 0. The van der Waals surface area contributed by atoms with Crippen molar-refractivity contribution in [2.75, 3.05) is 13.1 Å². The molecule has 126 valence electrons. The molecule has 0 spiro atoms. The van der Waals surface area contributed by atoms with Crippen molar-refractivity contribution >= 4 is 18.3 Å². The monoisotopic (exact) mass is 336 g/mol. The van der Waals surface area contributed by atoms with Crippen LogP contribution in [0.25, 0.3) is 5.69 Å². The largest absolute Gasteiger partial charge is 0.350 e. The SMILES string of the molecule is CCN[C@H](C)CNC(=O)c1cnn(-c2ccccc2C)c1C.Cl. The average Bonchev–Trinajstić information content (AvgIpc) is 2.87. The van der Waals surface area contributed by atoms with E-state index in [1.165, 1.54) is 0 Å². The van der Waals surface area contributed by atoms with Gasteiger partial charge in [0.05, 0.1) is 23.1 Å². The van der Waals surface area contributed by atoms with Crippen LogP contribution in [0.5, 0.6) is 0 Å². The second-order valence-electron chi connectivity index (χ2n) is 5.51. The van der Waals surface area contributed by atoms with E-state index in [0.29, 0.717) is 12.1 Å². The van der Waals surface area contributed by atoms with Crippen LogP contribution in [0.2, 0.25) is 0 Å². The Balaban J connectivity index is 0.00000264. The number of rotatable bonds is 6. The molecule has 5 nitrogen and oxygen atoms in total. The molecule has 1 aromatic heterocycles. The molecule has 6 heteroatoms. The summed E-state index contributed by atoms with van der Waals surface area (Å²) >= 11 is 0. The molecule has 1 heterocycles. The Bertz CT molecular complexity index is 654. The van der Waals surface area contributed by atoms with Gasteiger partial charge in [0.1, 0.15) is 0 Å². The number of nitrogens with one attached hydrogen (secondary N) is 2. The van der Waals surface area contributed by atoms with E-state index in [9.17, 15) is 4.79 Å². The number of aromatic nitrogens is 2. The smallest absolute Gasteiger partial charge is 0.254 e. The number of benzene rings is 1. The molecular formula is C17H25ClN4O. The number of para-hydroxylation sites is 1. The van der Waals surface area contributed by atoms with Crippen LogP contribution in [0, 0.1) is 13.8 Å². The molecule has 0 aliphatic heterocycles. The van der Waals surface area contributed by atoms with Crippen molar-refractivity contribution in [3.05, 3.63) is 47.3 Å². The molecule has 0 bridgehead atoms. The third-order valence-corrected chi connectivity index (χ3v) is 3.72. The minimum Gasteiger partial charge on any atom is -0.350 e. The predicted octanol–water partition coefficient (Wildman–Crippen LogP) is 2.64. The molecule has 0 fully saturated rings. The number of halogens is 1. The van der Waals surface area contributed by atoms with E-state index in [-0.39, 0.29) is 24.4 Å². The maximum Gasteiger partial charge on any atom is 0.254 e. The van der Waals surface area contributed by atoms with Crippen molar-refractivity contribution < 1.29 is 4.79 Å². The van der Waals surface area contributed by atoms with E-state index in [1.54, 1.807) is 6.20 Å². The van der Waals surface area contributed by atoms with E-state index in [0.717, 1.165) is 23.5 Å². The van der Waals surface area contributed by atoms with E-state index >= 15 is 0 Å². The van der Waals surface area contributed by atoms with Gasteiger partial charge in [0.2, 0.25) is 0 Å². The highest BCUT2D eigenvalue weighted by molar-refractivity contribution is 5.95. The van der Waals surface area contributed by atoms with Crippen molar-refractivity contribution in [2.45, 2.75) is 33.7 Å². The molecule has 0 unspecified atom stereocenters. The molecular weight excluding hydrogens is 312 g/mol. The second-order valence-corrected chi connectivity index (χ2v) is 5.51. The minimum atomic E-state index is -0.0814. The Hall–Kier alpha value is -1.85. The van der Waals surface area contributed by atoms with Gasteiger partial charge < -0.3 is 10.6 Å². The first-order chi connectivity index (χ1) is 10.5. The standard InChI is InChI=1S/C17H24N4O.ClH/c1-5-18-13(3)10-19-17(22)15-11-20-21(14(15)4)16-9-7-6-8-12(16)2;/h6-9,11,13,18H,5,10H2,1-4H3,(H,19,22);1H/t13-;/m1./s1. The van der Waals surface area contributed by atoms with Gasteiger partial charge in [-0.3, -0.25) is 4.79 Å². The van der Waals surface area contributed by atoms with Crippen molar-refractivity contribution in [3.63, 3.8) is 0 Å². The highest BCUT2D eigenvalue weighted by Gasteiger charge is 2.16. The summed E-state index contributed by atoms with van der Waals surface area (Å²) < 4.78 is 1.82. The zero-order valence-electron chi connectivity index (χ0n) is 14.1. The molecule has 0 aliphatic rings. The van der Waals surface area contributed by atoms with Crippen LogP contribution in [0.3, 0.4) is 0 Å². The van der Waals surface area contributed by atoms with Gasteiger partial charge in [0, 0.05) is 12.6 Å². The zero-order valence-corrected chi connectivity index (χ0v) is 14.9. The number of amides is 1. The predicted molar refractivity (Wildman–Crippen MR) is 95.8 cm³/mol. The summed E-state index contributed by atoms with van der Waals surface area (Å²) in [6.07, 6.45) is 1.63. The van der Waals surface area contributed by atoms with Crippen LogP contribution in [-0.2, 0) is 0 Å². The van der Waals surface area contributed by atoms with E-state index < -0.39 is 0 Å². The quantitative estimate of drug-likeness (QED) is 0.852. The lowest BCUT2D eigenvalue weighted by Crippen LogP contribution is -2.38. The van der Waals surface area contributed by atoms with Crippen molar-refractivity contribution in [2.24, 2.45) is 0 Å². The van der Waals surface area contributed by atoms with Crippen LogP contribution in [0.4, 0.5) is 0 Å². The van der Waals surface area contributed by atoms with Gasteiger partial charge in [0.15, 0.2) is 0 Å². The third kappa shape index (κ3) is 4.56. The number of carbonyl (C=O) groups is 1. The molecule has 2 aromatic rings. The lowest BCUT2D eigenvalue weighted by molar-refractivity contribution is 0.0949. The summed E-state index contributed by atoms with van der Waals surface area (Å²) in [4.78, 5) is 12.3. The van der Waals surface area contributed by atoms with Crippen LogP contribution < -0.4 is 10.6 Å². The molecule has 0 saturated heterocycles. The van der Waals surface area contributed by atoms with Crippen LogP contribution in [-0.4, -0.2) is 34.8 Å². The molecule has 0 radical (unpaired) electrons. The zero-order chi connectivity index (χ0) is 16.1. The number of hydrogen-bond donors (Lipinski definition) is 2. The van der Waals surface area contributed by atoms with Crippen molar-refractivity contribution in [1.82, 2.24) is 20.4 Å². The number of carbonyl (C=O) groups excluding carboxylic acids is 1. The van der Waals surface area contributed by atoms with Crippen LogP contribution >= 0.6 is 12.4 Å². The summed E-state index contributed by atoms with van der Waals surface area (Å²) in [5, 5.41) is 10.6. The molecule has 1 atom stereocenters. The Morgan fingerprint density at radius 1 is 1.30 bits per heavy atom. The molecule has 0 aliphatic carbocycles. The van der Waals surface area contributed by atoms with E-state index in [4.69, 9.17) is 0 Å². The van der Waals surface area contributed by atoms with Gasteiger partial charge in [-0.05, 0) is 38.9 Å². The topological polar surface area (TPSA) is 58.9 Å². The van der Waals surface area contributed by atoms with Crippen LogP contribution in [0.1, 0.15) is 35.5 Å². The first-order valence-corrected chi connectivity index (χ1v) is 7.66. The molecule has 1 aromatic carbocycles. The summed E-state index contributed by atoms with van der Waals surface area (Å²) in [5.41, 5.74) is 3.59. The lowest BCUT2D eigenvalue weighted by Gasteiger charge is -2.13. The van der Waals surface area contributed by atoms with E-state index in [2.05, 4.69) is 22.7 Å². The van der Waals surface area contributed by atoms with Gasteiger partial charge in [-0.25, -0.2) is 4.68 Å². The fourth-order valence-corrected chi connectivity index (χ4v) is 2.44. The van der Waals surface area contributed by atoms with Gasteiger partial charge in [-0.1, -0.05) is 25.1 Å². The van der Waals surface area contributed by atoms with Gasteiger partial charge in [0.25, 0.3) is 5.91 Å². The van der Waals surface area contributed by atoms with E-state index in [1.807, 2.05) is 49.7 Å². The van der Waals surface area contributed by atoms with Gasteiger partial charge in [-0.2, -0.15) is 5.10 Å². The first-order valence-electron chi connectivity index (χ1n) is 7.66. The number of likely N-dealkylation sites (N-methyl/N-ethyl adjacent to an activating group) is 1. The molecule has 2 N–H and O–H groups in total. The number of aryl methyl sites for hydroxylation is 1. The Morgan fingerprint density at radius 3 is 2.65 bits per heavy atom. The molecule has 0 saturated carbocycles. The minimum absolute atomic E-state index is 0. The maximum atomic E-state index is 12.3. The second kappa shape index (κ2) is 8.70. The van der Waals surface area contributed by atoms with Crippen molar-refractivity contribution in [1.29, 1.82) is 0 Å². The fraction of sp³-hybridized carbons (Fsp3) is 0.412. The highest BCUT2D eigenvalue weighted by Crippen LogP contribution is 2.17. The van der Waals surface area contributed by atoms with Gasteiger partial charge in [-0.15, -0.1) is 12.4 Å². The Morgan fingerprint density at radius 2 is 2.00 bits per heavy atom. The molecule has 2 rings (SSSR count). The average molecular weight is 337 g/mol. The third-order valence-electron chi connectivity index (χ3n) is 3.72. The normalized spacial score (nSPS) is 11.7. The molecule has 1 amide bonds. The highest BCUT2D eigenvalue weighted by atomic mass is 35.5. The first kappa shape index (κ1) is 19.2. The number of nitrogens with zero attached hydrogens (tertiary/aromatic N) is 2. The summed E-state index contributed by atoms with van der Waals surface area (Å²) in [5.74, 6) is -0.0814. The molecule has 23 heavy (non-hydrogen) atoms. The number of hydrogen-bond acceptors (Lipinski definition) is 3. The van der Waals surface area contributed by atoms with Gasteiger partial charge >= 0.3 is 0 Å². The lowest BCUT2D eigenvalue weighted by atomic mass is 10.2. The Labute approximate surface area is 143 Å². The maximum absolute atomic E-state index is 12.3. The fourth-order valence-electron chi connectivity index (χ4n) is 2.44. The Kier molecular flexibility index (Phi) is 7.26. The summed E-state index contributed by atoms with van der Waals surface area (Å²) in [6, 6.07) is 8.26. The van der Waals surface area contributed by atoms with Crippen molar-refractivity contribution in [3.8, 4) is 5.69 Å². The summed E-state index contributed by atoms with van der Waals surface area (Å²) in [6.45, 7) is 9.54.